The second-order valence-corrected chi connectivity index (χ2v) is 6.05. The van der Waals surface area contributed by atoms with Crippen molar-refractivity contribution in [3.8, 4) is 5.75 Å². The predicted molar refractivity (Wildman–Crippen MR) is 97.1 cm³/mol. The molecule has 2 amide bonds. The van der Waals surface area contributed by atoms with Crippen molar-refractivity contribution < 1.29 is 23.1 Å². The van der Waals surface area contributed by atoms with E-state index < -0.39 is 13.0 Å². The minimum absolute atomic E-state index is 0.257. The normalized spacial score (nSPS) is 10.6. The zero-order valence-corrected chi connectivity index (χ0v) is 15.3. The largest absolute Gasteiger partial charge is 0.487 e. The van der Waals surface area contributed by atoms with Crippen molar-refractivity contribution in [3.63, 3.8) is 0 Å². The monoisotopic (exact) mass is 377 g/mol. The van der Waals surface area contributed by atoms with Crippen LogP contribution in [0.1, 0.15) is 34.0 Å². The Morgan fingerprint density at radius 2 is 1.85 bits per heavy atom. The molecule has 144 valence electrons. The van der Waals surface area contributed by atoms with Crippen molar-refractivity contribution in [1.29, 1.82) is 0 Å². The second-order valence-electron chi connectivity index (χ2n) is 6.05. The molecule has 0 atom stereocenters. The molecule has 2 rings (SSSR count). The molecule has 1 aromatic carbocycles. The molecule has 0 aliphatic heterocycles. The van der Waals surface area contributed by atoms with E-state index in [1.807, 2.05) is 0 Å². The van der Waals surface area contributed by atoms with Gasteiger partial charge in [0.25, 0.3) is 12.3 Å². The summed E-state index contributed by atoms with van der Waals surface area (Å²) in [5, 5.41) is 5.30. The summed E-state index contributed by atoms with van der Waals surface area (Å²) in [4.78, 5) is 27.4. The third-order valence-corrected chi connectivity index (χ3v) is 3.65. The number of ether oxygens (including phenoxy) is 1. The summed E-state index contributed by atoms with van der Waals surface area (Å²) in [5.74, 6) is 0.124. The summed E-state index contributed by atoms with van der Waals surface area (Å²) in [6.07, 6.45) is -1.10. The number of amides is 2. The molecule has 0 spiro atoms. The van der Waals surface area contributed by atoms with Crippen LogP contribution in [0.4, 0.5) is 14.6 Å². The van der Waals surface area contributed by atoms with Crippen LogP contribution in [0.3, 0.4) is 0 Å². The van der Waals surface area contributed by atoms with Crippen LogP contribution in [0.15, 0.2) is 30.5 Å². The van der Waals surface area contributed by atoms with Crippen LogP contribution in [-0.2, 0) is 11.3 Å². The van der Waals surface area contributed by atoms with Crippen molar-refractivity contribution in [3.05, 3.63) is 52.7 Å². The molecule has 0 bridgehead atoms. The van der Waals surface area contributed by atoms with Gasteiger partial charge in [-0.15, -0.1) is 0 Å². The van der Waals surface area contributed by atoms with Gasteiger partial charge in [0.1, 0.15) is 18.2 Å². The Hall–Kier alpha value is -3.03. The Morgan fingerprint density at radius 3 is 2.44 bits per heavy atom. The van der Waals surface area contributed by atoms with Gasteiger partial charge in [-0.2, -0.15) is 0 Å². The highest BCUT2D eigenvalue weighted by Crippen LogP contribution is 2.25. The van der Waals surface area contributed by atoms with Crippen LogP contribution >= 0.6 is 0 Å². The Morgan fingerprint density at radius 1 is 1.19 bits per heavy atom. The van der Waals surface area contributed by atoms with Gasteiger partial charge >= 0.3 is 0 Å². The first-order valence-electron chi connectivity index (χ1n) is 8.29. The van der Waals surface area contributed by atoms with Crippen molar-refractivity contribution in [2.24, 2.45) is 0 Å². The number of rotatable bonds is 7. The third kappa shape index (κ3) is 6.02. The lowest BCUT2D eigenvalue weighted by molar-refractivity contribution is -0.114. The highest BCUT2D eigenvalue weighted by molar-refractivity contribution is 5.96. The van der Waals surface area contributed by atoms with Gasteiger partial charge in [-0.25, -0.2) is 13.8 Å². The van der Waals surface area contributed by atoms with Crippen LogP contribution in [0.5, 0.6) is 5.75 Å². The Labute approximate surface area is 155 Å². The number of carbonyl (C=O) groups is 2. The number of carbonyl (C=O) groups excluding carboxylic acids is 2. The predicted octanol–water partition coefficient (Wildman–Crippen LogP) is 3.23. The average molecular weight is 377 g/mol. The fraction of sp³-hybridized carbons (Fsp3) is 0.316. The van der Waals surface area contributed by atoms with Gasteiger partial charge in [-0.1, -0.05) is 12.1 Å². The molecule has 1 heterocycles. The SMILES string of the molecule is CC(=O)Nc1cc(C(=O)NCc2cc(C)c(OCC(F)F)c(C)c2)ccn1. The Kier molecular flexibility index (Phi) is 6.81. The lowest BCUT2D eigenvalue weighted by atomic mass is 10.1. The van der Waals surface area contributed by atoms with Gasteiger partial charge < -0.3 is 15.4 Å². The van der Waals surface area contributed by atoms with E-state index in [9.17, 15) is 18.4 Å². The van der Waals surface area contributed by atoms with Crippen LogP contribution in [0.2, 0.25) is 0 Å². The van der Waals surface area contributed by atoms with Crippen LogP contribution in [-0.4, -0.2) is 29.8 Å². The molecule has 0 radical (unpaired) electrons. The quantitative estimate of drug-likeness (QED) is 0.776. The van der Waals surface area contributed by atoms with E-state index >= 15 is 0 Å². The number of nitrogens with one attached hydrogen (secondary N) is 2. The minimum Gasteiger partial charge on any atom is -0.487 e. The number of pyridine rings is 1. The highest BCUT2D eigenvalue weighted by atomic mass is 19.3. The molecular weight excluding hydrogens is 356 g/mol. The molecule has 0 aliphatic carbocycles. The highest BCUT2D eigenvalue weighted by Gasteiger charge is 2.12. The molecule has 0 fully saturated rings. The molecular formula is C19H21F2N3O3. The molecule has 2 N–H and O–H groups in total. The summed E-state index contributed by atoms with van der Waals surface area (Å²) in [5.41, 5.74) is 2.62. The van der Waals surface area contributed by atoms with E-state index in [4.69, 9.17) is 4.74 Å². The summed E-state index contributed by atoms with van der Waals surface area (Å²) in [6.45, 7) is 4.49. The maximum atomic E-state index is 12.3. The van der Waals surface area contributed by atoms with Gasteiger partial charge in [0.2, 0.25) is 5.91 Å². The first-order valence-corrected chi connectivity index (χ1v) is 8.29. The number of aromatic nitrogens is 1. The molecule has 27 heavy (non-hydrogen) atoms. The molecule has 1 aromatic heterocycles. The van der Waals surface area contributed by atoms with E-state index in [1.54, 1.807) is 32.0 Å². The van der Waals surface area contributed by atoms with Crippen LogP contribution < -0.4 is 15.4 Å². The fourth-order valence-electron chi connectivity index (χ4n) is 2.62. The molecule has 0 saturated heterocycles. The number of benzene rings is 1. The van der Waals surface area contributed by atoms with Crippen LogP contribution in [0.25, 0.3) is 0 Å². The number of aryl methyl sites for hydroxylation is 2. The molecule has 8 heteroatoms. The molecule has 0 unspecified atom stereocenters. The zero-order chi connectivity index (χ0) is 20.0. The van der Waals surface area contributed by atoms with Gasteiger partial charge in [0, 0.05) is 25.2 Å². The van der Waals surface area contributed by atoms with Crippen molar-refractivity contribution in [2.75, 3.05) is 11.9 Å². The van der Waals surface area contributed by atoms with E-state index in [-0.39, 0.29) is 18.4 Å². The van der Waals surface area contributed by atoms with E-state index in [0.717, 1.165) is 16.7 Å². The van der Waals surface area contributed by atoms with Crippen molar-refractivity contribution >= 4 is 17.6 Å². The van der Waals surface area contributed by atoms with Gasteiger partial charge in [0.15, 0.2) is 0 Å². The summed E-state index contributed by atoms with van der Waals surface area (Å²) >= 11 is 0. The topological polar surface area (TPSA) is 80.3 Å². The number of nitrogens with zero attached hydrogens (tertiary/aromatic N) is 1. The Bertz CT molecular complexity index is 818. The summed E-state index contributed by atoms with van der Waals surface area (Å²) < 4.78 is 29.8. The van der Waals surface area contributed by atoms with E-state index in [2.05, 4.69) is 15.6 Å². The van der Waals surface area contributed by atoms with Gasteiger partial charge in [0.05, 0.1) is 0 Å². The van der Waals surface area contributed by atoms with E-state index in [0.29, 0.717) is 17.1 Å². The first kappa shape index (κ1) is 20.3. The maximum absolute atomic E-state index is 12.3. The number of anilines is 1. The lowest BCUT2D eigenvalue weighted by Crippen LogP contribution is -2.23. The number of alkyl halides is 2. The van der Waals surface area contributed by atoms with Gasteiger partial charge in [-0.3, -0.25) is 9.59 Å². The van der Waals surface area contributed by atoms with Crippen LogP contribution in [0, 0.1) is 13.8 Å². The molecule has 2 aromatic rings. The summed E-state index contributed by atoms with van der Waals surface area (Å²) in [7, 11) is 0. The maximum Gasteiger partial charge on any atom is 0.272 e. The lowest BCUT2D eigenvalue weighted by Gasteiger charge is -2.14. The average Bonchev–Trinajstić information content (AvgIpc) is 2.58. The molecule has 0 saturated carbocycles. The standard InChI is InChI=1S/C19H21F2N3O3/c1-11-6-14(7-12(2)18(11)27-10-16(20)21)9-23-19(26)15-4-5-22-17(8-15)24-13(3)25/h4-8,16H,9-10H2,1-3H3,(H,23,26)(H,22,24,25). The van der Waals surface area contributed by atoms with E-state index in [1.165, 1.54) is 19.2 Å². The van der Waals surface area contributed by atoms with Crippen molar-refractivity contribution in [1.82, 2.24) is 10.3 Å². The number of hydrogen-bond acceptors (Lipinski definition) is 4. The second kappa shape index (κ2) is 9.07. The zero-order valence-electron chi connectivity index (χ0n) is 15.3. The minimum atomic E-state index is -2.54. The van der Waals surface area contributed by atoms with Gasteiger partial charge in [-0.05, 0) is 42.7 Å². The smallest absolute Gasteiger partial charge is 0.272 e. The number of halogens is 2. The third-order valence-electron chi connectivity index (χ3n) is 3.65. The summed E-state index contributed by atoms with van der Waals surface area (Å²) in [6, 6.07) is 6.58. The number of hydrogen-bond donors (Lipinski definition) is 2. The van der Waals surface area contributed by atoms with Crippen molar-refractivity contribution in [2.45, 2.75) is 33.7 Å². The first-order chi connectivity index (χ1) is 12.8. The molecule has 0 aliphatic rings. The Balaban J connectivity index is 2.04. The molecule has 6 nitrogen and oxygen atoms in total. The fourth-order valence-corrected chi connectivity index (χ4v) is 2.62.